The summed E-state index contributed by atoms with van der Waals surface area (Å²) >= 11 is 0. The molecule has 10 heteroatoms. The number of carbonyl (C=O) groups is 2. The highest BCUT2D eigenvalue weighted by atomic mass is 32.2. The molecule has 0 spiro atoms. The highest BCUT2D eigenvalue weighted by molar-refractivity contribution is 7.89. The quantitative estimate of drug-likeness (QED) is 0.481. The Morgan fingerprint density at radius 1 is 1.00 bits per heavy atom. The van der Waals surface area contributed by atoms with Gasteiger partial charge >= 0.3 is 0 Å². The Morgan fingerprint density at radius 2 is 1.61 bits per heavy atom. The van der Waals surface area contributed by atoms with Crippen LogP contribution in [0.3, 0.4) is 0 Å². The van der Waals surface area contributed by atoms with E-state index in [0.717, 1.165) is 4.68 Å². The molecule has 28 heavy (non-hydrogen) atoms. The molecule has 0 bridgehead atoms. The second kappa shape index (κ2) is 7.33. The van der Waals surface area contributed by atoms with Gasteiger partial charge in [-0.25, -0.2) is 13.1 Å². The number of hydrazine groups is 1. The number of carbonyl (C=O) groups excluding carboxylic acids is 2. The van der Waals surface area contributed by atoms with Crippen LogP contribution in [-0.2, 0) is 17.1 Å². The van der Waals surface area contributed by atoms with E-state index >= 15 is 0 Å². The zero-order chi connectivity index (χ0) is 20.5. The fourth-order valence-corrected chi connectivity index (χ4v) is 3.41. The summed E-state index contributed by atoms with van der Waals surface area (Å²) in [6.45, 7) is 1.37. The summed E-state index contributed by atoms with van der Waals surface area (Å²) in [5.74, 6) is -1.02. The van der Waals surface area contributed by atoms with Gasteiger partial charge in [0.15, 0.2) is 11.5 Å². The Balaban J connectivity index is 1.86. The first kappa shape index (κ1) is 19.4. The van der Waals surface area contributed by atoms with Gasteiger partial charge in [0.2, 0.25) is 0 Å². The molecule has 3 rings (SSSR count). The maximum atomic E-state index is 12.5. The molecule has 0 atom stereocenters. The molecule has 2 N–H and O–H groups in total. The van der Waals surface area contributed by atoms with Gasteiger partial charge in [-0.3, -0.25) is 19.8 Å². The molecule has 0 saturated heterocycles. The van der Waals surface area contributed by atoms with Crippen molar-refractivity contribution in [3.8, 4) is 0 Å². The van der Waals surface area contributed by atoms with E-state index in [0.29, 0.717) is 10.9 Å². The van der Waals surface area contributed by atoms with Gasteiger partial charge in [0.1, 0.15) is 0 Å². The van der Waals surface area contributed by atoms with Gasteiger partial charge in [0.25, 0.3) is 21.5 Å². The van der Waals surface area contributed by atoms with E-state index in [1.165, 1.54) is 38.2 Å². The average Bonchev–Trinajstić information content (AvgIpc) is 2.69. The molecular formula is C18H16N4O5S. The average molecular weight is 400 g/mol. The van der Waals surface area contributed by atoms with Crippen molar-refractivity contribution >= 4 is 32.5 Å². The molecule has 0 aliphatic rings. The van der Waals surface area contributed by atoms with Crippen LogP contribution in [0.5, 0.6) is 0 Å². The van der Waals surface area contributed by atoms with Crippen LogP contribution in [0.4, 0.5) is 0 Å². The number of rotatable bonds is 5. The summed E-state index contributed by atoms with van der Waals surface area (Å²) in [6.07, 6.45) is 0. The third-order valence-corrected chi connectivity index (χ3v) is 5.31. The maximum absolute atomic E-state index is 12.5. The zero-order valence-corrected chi connectivity index (χ0v) is 15.8. The standard InChI is InChI=1S/C18H16N4O5S/c1-11(23)12-7-9-13(10-8-12)28(26,27)21-19-17(24)16-14-5-3-4-6-15(14)18(25)22(2)20-16/h3-10,21H,1-2H3,(H,19,24). The number of ketones is 1. The molecular weight excluding hydrogens is 384 g/mol. The fourth-order valence-electron chi connectivity index (χ4n) is 2.57. The molecule has 1 amide bonds. The van der Waals surface area contributed by atoms with Crippen molar-refractivity contribution in [1.82, 2.24) is 20.0 Å². The summed E-state index contributed by atoms with van der Waals surface area (Å²) in [5.41, 5.74) is 1.98. The molecule has 0 fully saturated rings. The van der Waals surface area contributed by atoms with Crippen molar-refractivity contribution in [1.29, 1.82) is 0 Å². The Hall–Kier alpha value is -3.37. The lowest BCUT2D eigenvalue weighted by Crippen LogP contribution is -2.42. The van der Waals surface area contributed by atoms with E-state index in [4.69, 9.17) is 0 Å². The molecule has 1 aromatic heterocycles. The molecule has 0 aliphatic carbocycles. The summed E-state index contributed by atoms with van der Waals surface area (Å²) < 4.78 is 25.7. The number of benzene rings is 2. The minimum atomic E-state index is -4.07. The van der Waals surface area contributed by atoms with E-state index in [2.05, 4.69) is 10.5 Å². The van der Waals surface area contributed by atoms with E-state index < -0.39 is 15.9 Å². The summed E-state index contributed by atoms with van der Waals surface area (Å²) in [7, 11) is -2.67. The van der Waals surface area contributed by atoms with Gasteiger partial charge in [-0.2, -0.15) is 5.10 Å². The molecule has 0 unspecified atom stereocenters. The van der Waals surface area contributed by atoms with Gasteiger partial charge in [-0.1, -0.05) is 30.3 Å². The topological polar surface area (TPSA) is 127 Å². The zero-order valence-electron chi connectivity index (χ0n) is 15.0. The van der Waals surface area contributed by atoms with Crippen LogP contribution in [0.25, 0.3) is 10.8 Å². The smallest absolute Gasteiger partial charge is 0.287 e. The van der Waals surface area contributed by atoms with Crippen molar-refractivity contribution in [2.75, 3.05) is 0 Å². The third-order valence-electron chi connectivity index (χ3n) is 4.04. The fraction of sp³-hybridized carbons (Fsp3) is 0.111. The lowest BCUT2D eigenvalue weighted by molar-refractivity contribution is 0.0939. The van der Waals surface area contributed by atoms with Crippen molar-refractivity contribution in [2.45, 2.75) is 11.8 Å². The molecule has 1 heterocycles. The predicted molar refractivity (Wildman–Crippen MR) is 101 cm³/mol. The number of aromatic nitrogens is 2. The molecule has 0 radical (unpaired) electrons. The maximum Gasteiger partial charge on any atom is 0.287 e. The second-order valence-corrected chi connectivity index (χ2v) is 7.65. The van der Waals surface area contributed by atoms with E-state index in [1.807, 2.05) is 4.83 Å². The van der Waals surface area contributed by atoms with Gasteiger partial charge in [0.05, 0.1) is 10.3 Å². The second-order valence-electron chi connectivity index (χ2n) is 5.96. The van der Waals surface area contributed by atoms with Crippen LogP contribution in [0.1, 0.15) is 27.8 Å². The van der Waals surface area contributed by atoms with Crippen molar-refractivity contribution in [3.05, 3.63) is 70.1 Å². The molecule has 9 nitrogen and oxygen atoms in total. The summed E-state index contributed by atoms with van der Waals surface area (Å²) in [6, 6.07) is 11.7. The molecule has 0 saturated carbocycles. The number of aryl methyl sites for hydroxylation is 1. The largest absolute Gasteiger partial charge is 0.295 e. The first-order chi connectivity index (χ1) is 13.2. The number of hydrogen-bond acceptors (Lipinski definition) is 6. The van der Waals surface area contributed by atoms with Gasteiger partial charge in [-0.15, -0.1) is 4.83 Å². The first-order valence-corrected chi connectivity index (χ1v) is 9.58. The SMILES string of the molecule is CC(=O)c1ccc(S(=O)(=O)NNC(=O)c2nn(C)c(=O)c3ccccc23)cc1. The number of nitrogens with zero attached hydrogens (tertiary/aromatic N) is 2. The van der Waals surface area contributed by atoms with Crippen LogP contribution in [0.2, 0.25) is 0 Å². The van der Waals surface area contributed by atoms with Crippen LogP contribution in [0, 0.1) is 0 Å². The van der Waals surface area contributed by atoms with Gasteiger partial charge in [-0.05, 0) is 25.1 Å². The van der Waals surface area contributed by atoms with Crippen LogP contribution in [0.15, 0.2) is 58.2 Å². The van der Waals surface area contributed by atoms with E-state index in [1.54, 1.807) is 24.3 Å². The number of amides is 1. The molecule has 0 aliphatic heterocycles. The summed E-state index contributed by atoms with van der Waals surface area (Å²) in [5, 5.41) is 4.51. The van der Waals surface area contributed by atoms with Crippen LogP contribution in [-0.4, -0.2) is 29.9 Å². The lowest BCUT2D eigenvalue weighted by Gasteiger charge is -2.10. The number of Topliss-reactive ketones (excluding diaryl/α,β-unsaturated/α-hetero) is 1. The van der Waals surface area contributed by atoms with Crippen LogP contribution >= 0.6 is 0 Å². The Bertz CT molecular complexity index is 1250. The normalized spacial score (nSPS) is 11.4. The Morgan fingerprint density at radius 3 is 2.21 bits per heavy atom. The van der Waals surface area contributed by atoms with Crippen molar-refractivity contribution in [2.24, 2.45) is 7.05 Å². The Labute approximate surface area is 160 Å². The highest BCUT2D eigenvalue weighted by Crippen LogP contribution is 2.13. The minimum absolute atomic E-state index is 0.104. The molecule has 3 aromatic rings. The lowest BCUT2D eigenvalue weighted by atomic mass is 10.1. The van der Waals surface area contributed by atoms with Gasteiger partial charge < -0.3 is 0 Å². The number of fused-ring (bicyclic) bond motifs is 1. The van der Waals surface area contributed by atoms with Crippen molar-refractivity contribution in [3.63, 3.8) is 0 Å². The molecule has 2 aromatic carbocycles. The van der Waals surface area contributed by atoms with Crippen molar-refractivity contribution < 1.29 is 18.0 Å². The number of sulfonamides is 1. The summed E-state index contributed by atoms with van der Waals surface area (Å²) in [4.78, 5) is 37.7. The monoisotopic (exact) mass is 400 g/mol. The van der Waals surface area contributed by atoms with Crippen LogP contribution < -0.4 is 15.8 Å². The Kier molecular flexibility index (Phi) is 5.08. The van der Waals surface area contributed by atoms with Gasteiger partial charge in [0, 0.05) is 18.0 Å². The number of hydrogen-bond donors (Lipinski definition) is 2. The number of nitrogens with one attached hydrogen (secondary N) is 2. The molecule has 144 valence electrons. The first-order valence-electron chi connectivity index (χ1n) is 8.10. The van der Waals surface area contributed by atoms with E-state index in [9.17, 15) is 22.8 Å². The third kappa shape index (κ3) is 3.68. The minimum Gasteiger partial charge on any atom is -0.295 e. The predicted octanol–water partition coefficient (Wildman–Crippen LogP) is 0.759. The van der Waals surface area contributed by atoms with E-state index in [-0.39, 0.29) is 27.3 Å². The highest BCUT2D eigenvalue weighted by Gasteiger charge is 2.19.